The number of nitrogens with zero attached hydrogens (tertiary/aromatic N) is 3. The molecule has 1 aliphatic heterocycles. The van der Waals surface area contributed by atoms with E-state index in [-0.39, 0.29) is 30.8 Å². The molecule has 3 rings (SSSR count). The first-order chi connectivity index (χ1) is 12.5. The molecule has 1 atom stereocenters. The maximum Gasteiger partial charge on any atom is 0.245 e. The molecule has 27 heavy (non-hydrogen) atoms. The molecule has 9 heteroatoms. The summed E-state index contributed by atoms with van der Waals surface area (Å²) >= 11 is 0. The van der Waals surface area contributed by atoms with Gasteiger partial charge in [-0.1, -0.05) is 29.8 Å². The van der Waals surface area contributed by atoms with Crippen molar-refractivity contribution in [2.24, 2.45) is 5.73 Å². The van der Waals surface area contributed by atoms with Crippen LogP contribution in [0.15, 0.2) is 36.7 Å². The Morgan fingerprint density at radius 1 is 1.26 bits per heavy atom. The molecular weight excluding hydrogens is 370 g/mol. The Labute approximate surface area is 164 Å². The van der Waals surface area contributed by atoms with Crippen molar-refractivity contribution in [3.8, 4) is 0 Å². The fourth-order valence-corrected chi connectivity index (χ4v) is 2.71. The van der Waals surface area contributed by atoms with Gasteiger partial charge in [-0.15, -0.1) is 12.4 Å². The summed E-state index contributed by atoms with van der Waals surface area (Å²) in [5.41, 5.74) is 8.36. The first-order valence-corrected chi connectivity index (χ1v) is 8.54. The Hall–Kier alpha value is -2.42. The van der Waals surface area contributed by atoms with Gasteiger partial charge in [0.2, 0.25) is 11.8 Å². The number of aromatic nitrogens is 2. The van der Waals surface area contributed by atoms with E-state index in [4.69, 9.17) is 10.5 Å². The number of aryl methyl sites for hydroxylation is 1. The van der Waals surface area contributed by atoms with Crippen LogP contribution in [-0.4, -0.2) is 52.8 Å². The Bertz CT molecular complexity index is 772. The molecule has 0 bridgehead atoms. The Balaban J connectivity index is 0.00000261. The van der Waals surface area contributed by atoms with Crippen LogP contribution < -0.4 is 11.1 Å². The second kappa shape index (κ2) is 9.50. The van der Waals surface area contributed by atoms with Gasteiger partial charge in [-0.05, 0) is 12.5 Å². The van der Waals surface area contributed by atoms with E-state index in [0.29, 0.717) is 32.0 Å². The molecule has 1 aromatic carbocycles. The average Bonchev–Trinajstić information content (AvgIpc) is 3.09. The normalized spacial score (nSPS) is 15.0. The van der Waals surface area contributed by atoms with Gasteiger partial charge in [-0.25, -0.2) is 0 Å². The molecule has 1 fully saturated rings. The van der Waals surface area contributed by atoms with Crippen LogP contribution in [0.25, 0.3) is 0 Å². The Morgan fingerprint density at radius 2 is 1.93 bits per heavy atom. The summed E-state index contributed by atoms with van der Waals surface area (Å²) in [4.78, 5) is 26.3. The average molecular weight is 394 g/mol. The number of carbonyl (C=O) groups is 2. The summed E-state index contributed by atoms with van der Waals surface area (Å²) in [6.07, 6.45) is 3.13. The van der Waals surface area contributed by atoms with Crippen molar-refractivity contribution in [3.05, 3.63) is 47.8 Å². The third kappa shape index (κ3) is 5.53. The van der Waals surface area contributed by atoms with Gasteiger partial charge in [0.25, 0.3) is 0 Å². The highest BCUT2D eigenvalue weighted by Gasteiger charge is 2.19. The van der Waals surface area contributed by atoms with Crippen LogP contribution in [0.2, 0.25) is 0 Å². The molecule has 3 N–H and O–H groups in total. The standard InChI is InChI=1S/C18H23N5O3.ClH/c1-13-2-4-14(5-3-13)17(19)18(25)21-15-10-20-23(11-15)12-16(24)22-6-8-26-9-7-22;/h2-5,10-11,17H,6-9,12,19H2,1H3,(H,21,25);1H. The zero-order valence-corrected chi connectivity index (χ0v) is 15.9. The Morgan fingerprint density at radius 3 is 2.59 bits per heavy atom. The topological polar surface area (TPSA) is 102 Å². The minimum atomic E-state index is -0.770. The monoisotopic (exact) mass is 393 g/mol. The van der Waals surface area contributed by atoms with Gasteiger partial charge < -0.3 is 20.7 Å². The van der Waals surface area contributed by atoms with Gasteiger partial charge in [0.05, 0.1) is 25.1 Å². The smallest absolute Gasteiger partial charge is 0.245 e. The number of hydrogen-bond acceptors (Lipinski definition) is 5. The van der Waals surface area contributed by atoms with Gasteiger partial charge in [0.15, 0.2) is 0 Å². The van der Waals surface area contributed by atoms with Crippen molar-refractivity contribution >= 4 is 29.9 Å². The number of morpholine rings is 1. The van der Waals surface area contributed by atoms with Gasteiger partial charge in [0.1, 0.15) is 12.6 Å². The van der Waals surface area contributed by atoms with E-state index < -0.39 is 6.04 Å². The van der Waals surface area contributed by atoms with E-state index >= 15 is 0 Å². The SMILES string of the molecule is Cc1ccc(C(N)C(=O)Nc2cnn(CC(=O)N3CCOCC3)c2)cc1.Cl. The third-order valence-corrected chi connectivity index (χ3v) is 4.28. The zero-order chi connectivity index (χ0) is 18.5. The molecule has 0 aliphatic carbocycles. The van der Waals surface area contributed by atoms with Gasteiger partial charge >= 0.3 is 0 Å². The third-order valence-electron chi connectivity index (χ3n) is 4.28. The predicted octanol–water partition coefficient (Wildman–Crippen LogP) is 1.11. The minimum absolute atomic E-state index is 0. The number of carbonyl (C=O) groups excluding carboxylic acids is 2. The van der Waals surface area contributed by atoms with Gasteiger partial charge in [-0.3, -0.25) is 14.3 Å². The number of nitrogens with two attached hydrogens (primary N) is 1. The number of nitrogens with one attached hydrogen (secondary N) is 1. The van der Waals surface area contributed by atoms with Crippen molar-refractivity contribution in [2.75, 3.05) is 31.6 Å². The van der Waals surface area contributed by atoms with Crippen molar-refractivity contribution in [1.82, 2.24) is 14.7 Å². The van der Waals surface area contributed by atoms with Crippen LogP contribution in [-0.2, 0) is 20.9 Å². The molecule has 2 amide bonds. The predicted molar refractivity (Wildman–Crippen MR) is 104 cm³/mol. The van der Waals surface area contributed by atoms with Crippen LogP contribution in [0.5, 0.6) is 0 Å². The summed E-state index contributed by atoms with van der Waals surface area (Å²) in [7, 11) is 0. The number of hydrogen-bond donors (Lipinski definition) is 2. The second-order valence-corrected chi connectivity index (χ2v) is 6.30. The molecular formula is C18H24ClN5O3. The molecule has 0 spiro atoms. The molecule has 2 heterocycles. The molecule has 1 unspecified atom stereocenters. The van der Waals surface area contributed by atoms with E-state index in [2.05, 4.69) is 10.4 Å². The first kappa shape index (κ1) is 20.9. The lowest BCUT2D eigenvalue weighted by atomic mass is 10.1. The maximum atomic E-state index is 12.3. The van der Waals surface area contributed by atoms with Gasteiger partial charge in [-0.2, -0.15) is 5.10 Å². The highest BCUT2D eigenvalue weighted by molar-refractivity contribution is 5.95. The van der Waals surface area contributed by atoms with Crippen LogP contribution in [0.1, 0.15) is 17.2 Å². The highest BCUT2D eigenvalue weighted by Crippen LogP contribution is 2.14. The second-order valence-electron chi connectivity index (χ2n) is 6.30. The van der Waals surface area contributed by atoms with E-state index in [9.17, 15) is 9.59 Å². The van der Waals surface area contributed by atoms with Crippen LogP contribution in [0.4, 0.5) is 5.69 Å². The lowest BCUT2D eigenvalue weighted by molar-refractivity contribution is -0.136. The van der Waals surface area contributed by atoms with Crippen molar-refractivity contribution in [1.29, 1.82) is 0 Å². The summed E-state index contributed by atoms with van der Waals surface area (Å²) in [6.45, 7) is 4.40. The number of benzene rings is 1. The zero-order valence-electron chi connectivity index (χ0n) is 15.1. The maximum absolute atomic E-state index is 12.3. The molecule has 2 aromatic rings. The molecule has 146 valence electrons. The van der Waals surface area contributed by atoms with Crippen LogP contribution in [0.3, 0.4) is 0 Å². The lowest BCUT2D eigenvalue weighted by Gasteiger charge is -2.26. The summed E-state index contributed by atoms with van der Waals surface area (Å²) in [6, 6.07) is 6.73. The van der Waals surface area contributed by atoms with Crippen molar-refractivity contribution in [3.63, 3.8) is 0 Å². The summed E-state index contributed by atoms with van der Waals surface area (Å²) in [5.74, 6) is -0.349. The molecule has 8 nitrogen and oxygen atoms in total. The van der Waals surface area contributed by atoms with E-state index in [1.165, 1.54) is 10.9 Å². The summed E-state index contributed by atoms with van der Waals surface area (Å²) < 4.78 is 6.74. The van der Waals surface area contributed by atoms with Crippen molar-refractivity contribution < 1.29 is 14.3 Å². The first-order valence-electron chi connectivity index (χ1n) is 8.54. The van der Waals surface area contributed by atoms with E-state index in [1.807, 2.05) is 31.2 Å². The van der Waals surface area contributed by atoms with Crippen molar-refractivity contribution in [2.45, 2.75) is 19.5 Å². The van der Waals surface area contributed by atoms with Crippen LogP contribution in [0, 0.1) is 6.92 Å². The quantitative estimate of drug-likeness (QED) is 0.792. The van der Waals surface area contributed by atoms with Gasteiger partial charge in [0, 0.05) is 19.3 Å². The number of anilines is 1. The number of amides is 2. The number of ether oxygens (including phenoxy) is 1. The number of rotatable bonds is 5. The lowest BCUT2D eigenvalue weighted by Crippen LogP contribution is -2.42. The summed E-state index contributed by atoms with van der Waals surface area (Å²) in [5, 5.41) is 6.87. The number of halogens is 1. The van der Waals surface area contributed by atoms with Crippen LogP contribution >= 0.6 is 12.4 Å². The van der Waals surface area contributed by atoms with E-state index in [0.717, 1.165) is 11.1 Å². The highest BCUT2D eigenvalue weighted by atomic mass is 35.5. The fourth-order valence-electron chi connectivity index (χ4n) is 2.71. The Kier molecular flexibility index (Phi) is 7.35. The fraction of sp³-hybridized carbons (Fsp3) is 0.389. The molecule has 0 radical (unpaired) electrons. The molecule has 0 saturated carbocycles. The largest absolute Gasteiger partial charge is 0.378 e. The molecule has 1 aromatic heterocycles. The minimum Gasteiger partial charge on any atom is -0.378 e. The molecule has 1 aliphatic rings. The van der Waals surface area contributed by atoms with E-state index in [1.54, 1.807) is 11.1 Å². The molecule has 1 saturated heterocycles.